The average molecular weight is 293 g/mol. The van der Waals surface area contributed by atoms with Gasteiger partial charge in [0.1, 0.15) is 0 Å². The van der Waals surface area contributed by atoms with Crippen molar-refractivity contribution in [1.29, 1.82) is 0 Å². The first-order chi connectivity index (χ1) is 9.08. The summed E-state index contributed by atoms with van der Waals surface area (Å²) in [6.45, 7) is 0. The van der Waals surface area contributed by atoms with Gasteiger partial charge in [-0.05, 0) is 29.8 Å². The van der Waals surface area contributed by atoms with E-state index >= 15 is 0 Å². The van der Waals surface area contributed by atoms with Gasteiger partial charge in [-0.1, -0.05) is 11.6 Å². The largest absolute Gasteiger partial charge is 0.383 e. The molecule has 0 aliphatic heterocycles. The highest BCUT2D eigenvalue weighted by Crippen LogP contribution is 2.27. The van der Waals surface area contributed by atoms with E-state index in [0.717, 1.165) is 5.56 Å². The standard InChI is InChI=1S/C14H13ClN2OS/c1-17(2)9-11(10-5-7-16-8-6-10)14(18)12-3-4-13(15)19-12/h3-9H,1-2H3/b11-9+. The van der Waals surface area contributed by atoms with E-state index in [1.807, 2.05) is 37.3 Å². The predicted molar refractivity (Wildman–Crippen MR) is 79.6 cm³/mol. The second kappa shape index (κ2) is 5.99. The van der Waals surface area contributed by atoms with E-state index in [1.165, 1.54) is 11.3 Å². The highest BCUT2D eigenvalue weighted by Gasteiger charge is 2.16. The molecule has 0 radical (unpaired) electrons. The van der Waals surface area contributed by atoms with Crippen LogP contribution in [-0.2, 0) is 0 Å². The van der Waals surface area contributed by atoms with Gasteiger partial charge in [-0.3, -0.25) is 9.78 Å². The van der Waals surface area contributed by atoms with Crippen molar-refractivity contribution in [2.24, 2.45) is 0 Å². The molecule has 0 saturated heterocycles. The lowest BCUT2D eigenvalue weighted by atomic mass is 10.0. The van der Waals surface area contributed by atoms with Crippen LogP contribution in [0.4, 0.5) is 0 Å². The molecule has 3 nitrogen and oxygen atoms in total. The number of allylic oxidation sites excluding steroid dienone is 1. The molecule has 2 aromatic heterocycles. The van der Waals surface area contributed by atoms with Crippen LogP contribution in [0.15, 0.2) is 42.9 Å². The summed E-state index contributed by atoms with van der Waals surface area (Å²) in [6.07, 6.45) is 5.16. The van der Waals surface area contributed by atoms with Crippen molar-refractivity contribution in [2.75, 3.05) is 14.1 Å². The molecule has 19 heavy (non-hydrogen) atoms. The summed E-state index contributed by atoms with van der Waals surface area (Å²) in [5, 5.41) is 0. The molecule has 2 heterocycles. The summed E-state index contributed by atoms with van der Waals surface area (Å²) in [4.78, 5) is 19.0. The van der Waals surface area contributed by atoms with Crippen LogP contribution in [0.1, 0.15) is 15.2 Å². The van der Waals surface area contributed by atoms with E-state index in [4.69, 9.17) is 11.6 Å². The number of rotatable bonds is 4. The van der Waals surface area contributed by atoms with Gasteiger partial charge in [0.2, 0.25) is 5.78 Å². The van der Waals surface area contributed by atoms with Crippen molar-refractivity contribution in [2.45, 2.75) is 0 Å². The van der Waals surface area contributed by atoms with Gasteiger partial charge < -0.3 is 4.90 Å². The molecule has 0 unspecified atom stereocenters. The van der Waals surface area contributed by atoms with Crippen LogP contribution in [0.3, 0.4) is 0 Å². The molecule has 0 N–H and O–H groups in total. The number of ketones is 1. The van der Waals surface area contributed by atoms with Crippen LogP contribution in [-0.4, -0.2) is 29.8 Å². The number of carbonyl (C=O) groups is 1. The van der Waals surface area contributed by atoms with Crippen molar-refractivity contribution >= 4 is 34.3 Å². The minimum atomic E-state index is -0.0307. The van der Waals surface area contributed by atoms with Crippen LogP contribution in [0.5, 0.6) is 0 Å². The number of hydrogen-bond donors (Lipinski definition) is 0. The molecule has 2 aromatic rings. The maximum absolute atomic E-state index is 12.5. The monoisotopic (exact) mass is 292 g/mol. The molecule has 0 aliphatic carbocycles. The van der Waals surface area contributed by atoms with E-state index in [-0.39, 0.29) is 5.78 Å². The van der Waals surface area contributed by atoms with E-state index in [2.05, 4.69) is 4.98 Å². The van der Waals surface area contributed by atoms with Crippen molar-refractivity contribution < 1.29 is 4.79 Å². The van der Waals surface area contributed by atoms with Gasteiger partial charge >= 0.3 is 0 Å². The Bertz CT molecular complexity index is 605. The number of pyridine rings is 1. The van der Waals surface area contributed by atoms with Crippen LogP contribution >= 0.6 is 22.9 Å². The van der Waals surface area contributed by atoms with Crippen molar-refractivity contribution in [3.05, 3.63) is 57.6 Å². The summed E-state index contributed by atoms with van der Waals surface area (Å²) >= 11 is 7.17. The first-order valence-electron chi connectivity index (χ1n) is 5.66. The molecule has 0 saturated carbocycles. The summed E-state index contributed by atoms with van der Waals surface area (Å²) in [6, 6.07) is 7.13. The van der Waals surface area contributed by atoms with E-state index in [9.17, 15) is 4.79 Å². The van der Waals surface area contributed by atoms with E-state index in [1.54, 1.807) is 24.5 Å². The van der Waals surface area contributed by atoms with Gasteiger partial charge in [-0.25, -0.2) is 0 Å². The topological polar surface area (TPSA) is 33.2 Å². The van der Waals surface area contributed by atoms with E-state index in [0.29, 0.717) is 14.8 Å². The molecule has 0 bridgehead atoms. The van der Waals surface area contributed by atoms with Crippen LogP contribution < -0.4 is 0 Å². The SMILES string of the molecule is CN(C)/C=C(/C(=O)c1ccc(Cl)s1)c1ccncc1. The Labute approximate surface area is 121 Å². The molecule has 0 spiro atoms. The minimum absolute atomic E-state index is 0.0307. The lowest BCUT2D eigenvalue weighted by molar-refractivity contribution is 0.105. The fourth-order valence-corrected chi connectivity index (χ4v) is 2.62. The van der Waals surface area contributed by atoms with Gasteiger partial charge in [-0.15, -0.1) is 11.3 Å². The van der Waals surface area contributed by atoms with Crippen LogP contribution in [0.2, 0.25) is 4.34 Å². The molecule has 98 valence electrons. The van der Waals surface area contributed by atoms with E-state index < -0.39 is 0 Å². The zero-order chi connectivity index (χ0) is 13.8. The Kier molecular flexibility index (Phi) is 4.35. The highest BCUT2D eigenvalue weighted by atomic mass is 35.5. The third-order valence-electron chi connectivity index (χ3n) is 2.42. The van der Waals surface area contributed by atoms with Crippen LogP contribution in [0, 0.1) is 0 Å². The van der Waals surface area contributed by atoms with Gasteiger partial charge in [0.15, 0.2) is 0 Å². The second-order valence-electron chi connectivity index (χ2n) is 4.18. The van der Waals surface area contributed by atoms with Gasteiger partial charge in [0, 0.05) is 38.3 Å². The zero-order valence-corrected chi connectivity index (χ0v) is 12.2. The molecule has 2 rings (SSSR count). The molecular formula is C14H13ClN2OS. The lowest BCUT2D eigenvalue weighted by Gasteiger charge is -2.10. The highest BCUT2D eigenvalue weighted by molar-refractivity contribution is 7.18. The maximum atomic E-state index is 12.5. The Balaban J connectivity index is 2.42. The fourth-order valence-electron chi connectivity index (χ4n) is 1.62. The maximum Gasteiger partial charge on any atom is 0.205 e. The number of halogens is 1. The summed E-state index contributed by atoms with van der Waals surface area (Å²) in [5.74, 6) is -0.0307. The molecular weight excluding hydrogens is 280 g/mol. The number of nitrogens with zero attached hydrogens (tertiary/aromatic N) is 2. The minimum Gasteiger partial charge on any atom is -0.383 e. The first-order valence-corrected chi connectivity index (χ1v) is 6.86. The smallest absolute Gasteiger partial charge is 0.205 e. The number of Topliss-reactive ketones (excluding diaryl/α,β-unsaturated/α-hetero) is 1. The molecule has 0 aliphatic rings. The van der Waals surface area contributed by atoms with Gasteiger partial charge in [0.25, 0.3) is 0 Å². The normalized spacial score (nSPS) is 11.4. The number of thiophene rings is 1. The summed E-state index contributed by atoms with van der Waals surface area (Å²) < 4.78 is 0.613. The number of aromatic nitrogens is 1. The molecule has 0 fully saturated rings. The Hall–Kier alpha value is -1.65. The average Bonchev–Trinajstić information content (AvgIpc) is 2.83. The third-order valence-corrected chi connectivity index (χ3v) is 3.65. The number of carbonyl (C=O) groups excluding carboxylic acids is 1. The molecule has 0 amide bonds. The first kappa shape index (κ1) is 13.8. The fraction of sp³-hybridized carbons (Fsp3) is 0.143. The predicted octanol–water partition coefficient (Wildman–Crippen LogP) is 3.58. The number of hydrogen-bond acceptors (Lipinski definition) is 4. The molecule has 0 atom stereocenters. The van der Waals surface area contributed by atoms with Gasteiger partial charge in [0.05, 0.1) is 9.21 Å². The van der Waals surface area contributed by atoms with Crippen molar-refractivity contribution in [3.8, 4) is 0 Å². The Morgan fingerprint density at radius 2 is 1.95 bits per heavy atom. The molecule has 5 heteroatoms. The summed E-state index contributed by atoms with van der Waals surface area (Å²) in [5.41, 5.74) is 1.48. The van der Waals surface area contributed by atoms with Crippen molar-refractivity contribution in [1.82, 2.24) is 9.88 Å². The zero-order valence-electron chi connectivity index (χ0n) is 10.6. The van der Waals surface area contributed by atoms with Gasteiger partial charge in [-0.2, -0.15) is 0 Å². The molecule has 0 aromatic carbocycles. The second-order valence-corrected chi connectivity index (χ2v) is 5.89. The van der Waals surface area contributed by atoms with Crippen LogP contribution in [0.25, 0.3) is 5.57 Å². The third kappa shape index (κ3) is 3.43. The van der Waals surface area contributed by atoms with Crippen molar-refractivity contribution in [3.63, 3.8) is 0 Å². The Morgan fingerprint density at radius 1 is 1.26 bits per heavy atom. The quantitative estimate of drug-likeness (QED) is 0.638. The Morgan fingerprint density at radius 3 is 2.47 bits per heavy atom. The summed E-state index contributed by atoms with van der Waals surface area (Å²) in [7, 11) is 3.77. The lowest BCUT2D eigenvalue weighted by Crippen LogP contribution is -2.08.